The Labute approximate surface area is 120 Å². The number of halogens is 2. The third-order valence-corrected chi connectivity index (χ3v) is 3.49. The van der Waals surface area contributed by atoms with Crippen molar-refractivity contribution in [1.29, 1.82) is 0 Å². The molecule has 0 radical (unpaired) electrons. The molecule has 0 bridgehead atoms. The molecule has 0 fully saturated rings. The van der Waals surface area contributed by atoms with Crippen LogP contribution < -0.4 is 5.73 Å². The number of nitrogen functional groups attached to an aromatic ring is 1. The van der Waals surface area contributed by atoms with Gasteiger partial charge >= 0.3 is 0 Å². The fraction of sp³-hybridized carbons (Fsp3) is 0.214. The van der Waals surface area contributed by atoms with Gasteiger partial charge in [0.25, 0.3) is 0 Å². The van der Waals surface area contributed by atoms with Gasteiger partial charge in [0.05, 0.1) is 0 Å². The van der Waals surface area contributed by atoms with Crippen molar-refractivity contribution in [1.82, 2.24) is 9.88 Å². The first-order valence-electron chi connectivity index (χ1n) is 5.87. The Morgan fingerprint density at radius 3 is 2.74 bits per heavy atom. The first-order chi connectivity index (χ1) is 9.04. The Bertz CT molecular complexity index is 574. The van der Waals surface area contributed by atoms with Crippen molar-refractivity contribution in [2.45, 2.75) is 13.1 Å². The maximum atomic E-state index is 13.0. The average molecular weight is 324 g/mol. The topological polar surface area (TPSA) is 42.2 Å². The van der Waals surface area contributed by atoms with Crippen LogP contribution >= 0.6 is 15.9 Å². The lowest BCUT2D eigenvalue weighted by molar-refractivity contribution is 0.318. The van der Waals surface area contributed by atoms with E-state index < -0.39 is 0 Å². The zero-order chi connectivity index (χ0) is 13.8. The summed E-state index contributed by atoms with van der Waals surface area (Å²) in [4.78, 5) is 6.10. The quantitative estimate of drug-likeness (QED) is 0.939. The summed E-state index contributed by atoms with van der Waals surface area (Å²) in [6, 6.07) is 8.53. The van der Waals surface area contributed by atoms with Crippen LogP contribution in [0.3, 0.4) is 0 Å². The summed E-state index contributed by atoms with van der Waals surface area (Å²) < 4.78 is 13.8. The van der Waals surface area contributed by atoms with Crippen LogP contribution in [0.5, 0.6) is 0 Å². The van der Waals surface area contributed by atoms with E-state index in [1.165, 1.54) is 12.1 Å². The second-order valence-corrected chi connectivity index (χ2v) is 5.35. The van der Waals surface area contributed by atoms with Crippen molar-refractivity contribution in [3.63, 3.8) is 0 Å². The van der Waals surface area contributed by atoms with Gasteiger partial charge < -0.3 is 5.73 Å². The largest absolute Gasteiger partial charge is 0.384 e. The second-order valence-electron chi connectivity index (χ2n) is 4.50. The fourth-order valence-electron chi connectivity index (χ4n) is 1.90. The van der Waals surface area contributed by atoms with E-state index >= 15 is 0 Å². The minimum absolute atomic E-state index is 0.236. The Kier molecular flexibility index (Phi) is 4.50. The summed E-state index contributed by atoms with van der Waals surface area (Å²) in [5.74, 6) is 0.286. The SMILES string of the molecule is CN(Cc1ccnc(N)c1)Cc1ccc(F)cc1Br. The van der Waals surface area contributed by atoms with Crippen LogP contribution in [0.2, 0.25) is 0 Å². The maximum Gasteiger partial charge on any atom is 0.124 e. The lowest BCUT2D eigenvalue weighted by Crippen LogP contribution is -2.17. The molecule has 1 aromatic carbocycles. The molecule has 0 spiro atoms. The van der Waals surface area contributed by atoms with Crippen molar-refractivity contribution in [3.8, 4) is 0 Å². The number of nitrogens with zero attached hydrogens (tertiary/aromatic N) is 2. The van der Waals surface area contributed by atoms with Crippen LogP contribution in [0.25, 0.3) is 0 Å². The standard InChI is InChI=1S/C14H15BrFN3/c1-19(8-10-4-5-18-14(17)6-10)9-11-2-3-12(16)7-13(11)15/h2-7H,8-9H2,1H3,(H2,17,18). The van der Waals surface area contributed by atoms with Crippen LogP contribution in [-0.2, 0) is 13.1 Å². The van der Waals surface area contributed by atoms with Crippen LogP contribution in [0.1, 0.15) is 11.1 Å². The molecular weight excluding hydrogens is 309 g/mol. The van der Waals surface area contributed by atoms with Crippen molar-refractivity contribution < 1.29 is 4.39 Å². The number of aromatic nitrogens is 1. The number of rotatable bonds is 4. The Balaban J connectivity index is 2.03. The molecule has 1 aromatic heterocycles. The first kappa shape index (κ1) is 14.0. The normalized spacial score (nSPS) is 10.9. The highest BCUT2D eigenvalue weighted by molar-refractivity contribution is 9.10. The molecule has 0 saturated carbocycles. The highest BCUT2D eigenvalue weighted by Gasteiger charge is 2.06. The number of benzene rings is 1. The van der Waals surface area contributed by atoms with Gasteiger partial charge in [-0.2, -0.15) is 0 Å². The van der Waals surface area contributed by atoms with Crippen LogP contribution in [0, 0.1) is 5.82 Å². The molecule has 0 atom stereocenters. The van der Waals surface area contributed by atoms with E-state index in [0.29, 0.717) is 5.82 Å². The number of nitrogens with two attached hydrogens (primary N) is 1. The molecule has 0 saturated heterocycles. The van der Waals surface area contributed by atoms with Gasteiger partial charge in [0.1, 0.15) is 11.6 Å². The Morgan fingerprint density at radius 2 is 2.05 bits per heavy atom. The van der Waals surface area contributed by atoms with Gasteiger partial charge in [-0.3, -0.25) is 4.90 Å². The average Bonchev–Trinajstić information content (AvgIpc) is 2.33. The van der Waals surface area contributed by atoms with E-state index in [9.17, 15) is 4.39 Å². The smallest absolute Gasteiger partial charge is 0.124 e. The zero-order valence-corrected chi connectivity index (χ0v) is 12.2. The van der Waals surface area contributed by atoms with Gasteiger partial charge in [0.15, 0.2) is 0 Å². The van der Waals surface area contributed by atoms with E-state index in [0.717, 1.165) is 28.7 Å². The van der Waals surface area contributed by atoms with Gasteiger partial charge in [0, 0.05) is 23.8 Å². The van der Waals surface area contributed by atoms with Gasteiger partial charge in [-0.15, -0.1) is 0 Å². The predicted molar refractivity (Wildman–Crippen MR) is 77.9 cm³/mol. The fourth-order valence-corrected chi connectivity index (χ4v) is 2.38. The van der Waals surface area contributed by atoms with Crippen molar-refractivity contribution in [3.05, 3.63) is 57.9 Å². The summed E-state index contributed by atoms with van der Waals surface area (Å²) in [6.45, 7) is 1.49. The molecule has 0 aliphatic carbocycles. The third kappa shape index (κ3) is 4.01. The zero-order valence-electron chi connectivity index (χ0n) is 10.6. The number of pyridine rings is 1. The molecule has 2 aromatic rings. The summed E-state index contributed by atoms with van der Waals surface area (Å²) in [7, 11) is 2.01. The van der Waals surface area contributed by atoms with Crippen molar-refractivity contribution >= 4 is 21.7 Å². The molecule has 0 aliphatic rings. The molecule has 2 N–H and O–H groups in total. The van der Waals surface area contributed by atoms with E-state index in [2.05, 4.69) is 25.8 Å². The van der Waals surface area contributed by atoms with Crippen LogP contribution in [0.4, 0.5) is 10.2 Å². The summed E-state index contributed by atoms with van der Waals surface area (Å²) in [5, 5.41) is 0. The van der Waals surface area contributed by atoms with Gasteiger partial charge in [-0.1, -0.05) is 22.0 Å². The summed E-state index contributed by atoms with van der Waals surface area (Å²) in [6.07, 6.45) is 1.70. The molecular formula is C14H15BrFN3. The predicted octanol–water partition coefficient (Wildman–Crippen LogP) is 3.20. The maximum absolute atomic E-state index is 13.0. The molecule has 19 heavy (non-hydrogen) atoms. The molecule has 3 nitrogen and oxygen atoms in total. The number of anilines is 1. The van der Waals surface area contributed by atoms with E-state index in [1.807, 2.05) is 19.2 Å². The van der Waals surface area contributed by atoms with E-state index in [1.54, 1.807) is 12.3 Å². The van der Waals surface area contributed by atoms with Gasteiger partial charge in [-0.25, -0.2) is 9.37 Å². The second kappa shape index (κ2) is 6.12. The minimum Gasteiger partial charge on any atom is -0.384 e. The summed E-state index contributed by atoms with van der Waals surface area (Å²) >= 11 is 3.38. The monoisotopic (exact) mass is 323 g/mol. The Hall–Kier alpha value is -1.46. The van der Waals surface area contributed by atoms with Crippen LogP contribution in [-0.4, -0.2) is 16.9 Å². The van der Waals surface area contributed by atoms with Crippen molar-refractivity contribution in [2.24, 2.45) is 0 Å². The number of hydrogen-bond donors (Lipinski definition) is 1. The Morgan fingerprint density at radius 1 is 1.26 bits per heavy atom. The molecule has 100 valence electrons. The molecule has 0 unspecified atom stereocenters. The lowest BCUT2D eigenvalue weighted by atomic mass is 10.2. The highest BCUT2D eigenvalue weighted by atomic mass is 79.9. The minimum atomic E-state index is -0.236. The molecule has 5 heteroatoms. The third-order valence-electron chi connectivity index (χ3n) is 2.75. The van der Waals surface area contributed by atoms with E-state index in [-0.39, 0.29) is 5.82 Å². The number of hydrogen-bond acceptors (Lipinski definition) is 3. The van der Waals surface area contributed by atoms with Gasteiger partial charge in [-0.05, 0) is 42.4 Å². The lowest BCUT2D eigenvalue weighted by Gasteiger charge is -2.17. The summed E-state index contributed by atoms with van der Waals surface area (Å²) in [5.41, 5.74) is 7.80. The highest BCUT2D eigenvalue weighted by Crippen LogP contribution is 2.20. The van der Waals surface area contributed by atoms with Crippen LogP contribution in [0.15, 0.2) is 41.0 Å². The molecule has 2 rings (SSSR count). The van der Waals surface area contributed by atoms with Gasteiger partial charge in [0.2, 0.25) is 0 Å². The first-order valence-corrected chi connectivity index (χ1v) is 6.67. The molecule has 1 heterocycles. The van der Waals surface area contributed by atoms with E-state index in [4.69, 9.17) is 5.73 Å². The van der Waals surface area contributed by atoms with Crippen molar-refractivity contribution in [2.75, 3.05) is 12.8 Å². The molecule has 0 amide bonds. The molecule has 0 aliphatic heterocycles.